The van der Waals surface area contributed by atoms with Crippen LogP contribution in [-0.4, -0.2) is 17.6 Å². The van der Waals surface area contributed by atoms with E-state index in [1.165, 1.54) is 0 Å². The van der Waals surface area contributed by atoms with Gasteiger partial charge < -0.3 is 10.8 Å². The van der Waals surface area contributed by atoms with E-state index in [-0.39, 0.29) is 5.92 Å². The SMILES string of the molecule is CC(CN)CC(C(=O)O)c1ccccc1. The van der Waals surface area contributed by atoms with Crippen molar-refractivity contribution in [2.24, 2.45) is 11.7 Å². The number of carbonyl (C=O) groups is 1. The third kappa shape index (κ3) is 3.36. The summed E-state index contributed by atoms with van der Waals surface area (Å²) < 4.78 is 0. The molecule has 3 nitrogen and oxygen atoms in total. The Kier molecular flexibility index (Phi) is 4.31. The van der Waals surface area contributed by atoms with Crippen LogP contribution in [0.25, 0.3) is 0 Å². The quantitative estimate of drug-likeness (QED) is 0.774. The van der Waals surface area contributed by atoms with Crippen molar-refractivity contribution in [3.63, 3.8) is 0 Å². The van der Waals surface area contributed by atoms with Gasteiger partial charge in [-0.15, -0.1) is 0 Å². The van der Waals surface area contributed by atoms with E-state index in [4.69, 9.17) is 10.8 Å². The van der Waals surface area contributed by atoms with Crippen LogP contribution >= 0.6 is 0 Å². The summed E-state index contributed by atoms with van der Waals surface area (Å²) in [6.45, 7) is 2.50. The molecule has 0 amide bonds. The van der Waals surface area contributed by atoms with Crippen LogP contribution in [0.1, 0.15) is 24.8 Å². The molecule has 82 valence electrons. The zero-order valence-electron chi connectivity index (χ0n) is 8.89. The second-order valence-electron chi connectivity index (χ2n) is 3.88. The number of rotatable bonds is 5. The van der Waals surface area contributed by atoms with E-state index in [1.54, 1.807) is 0 Å². The molecule has 3 heteroatoms. The second kappa shape index (κ2) is 5.51. The van der Waals surface area contributed by atoms with Gasteiger partial charge in [0.25, 0.3) is 0 Å². The lowest BCUT2D eigenvalue weighted by molar-refractivity contribution is -0.139. The summed E-state index contributed by atoms with van der Waals surface area (Å²) in [5.41, 5.74) is 6.36. The zero-order chi connectivity index (χ0) is 11.3. The predicted octanol–water partition coefficient (Wildman–Crippen LogP) is 1.84. The maximum absolute atomic E-state index is 11.1. The predicted molar refractivity (Wildman–Crippen MR) is 59.7 cm³/mol. The highest BCUT2D eigenvalue weighted by atomic mass is 16.4. The summed E-state index contributed by atoms with van der Waals surface area (Å²) in [6.07, 6.45) is 0.593. The molecule has 0 heterocycles. The number of hydrogen-bond acceptors (Lipinski definition) is 2. The normalized spacial score (nSPS) is 14.5. The molecule has 0 aliphatic rings. The number of nitrogens with two attached hydrogens (primary N) is 1. The first kappa shape index (κ1) is 11.7. The molecule has 2 atom stereocenters. The Morgan fingerprint density at radius 3 is 2.47 bits per heavy atom. The van der Waals surface area contributed by atoms with E-state index in [0.29, 0.717) is 13.0 Å². The number of carboxylic acids is 1. The highest BCUT2D eigenvalue weighted by molar-refractivity contribution is 5.76. The van der Waals surface area contributed by atoms with Gasteiger partial charge in [0.2, 0.25) is 0 Å². The van der Waals surface area contributed by atoms with E-state index in [0.717, 1.165) is 5.56 Å². The molecule has 1 aromatic carbocycles. The topological polar surface area (TPSA) is 63.3 Å². The standard InChI is InChI=1S/C12H17NO2/c1-9(8-13)7-11(12(14)15)10-5-3-2-4-6-10/h2-6,9,11H,7-8,13H2,1H3,(H,14,15). The number of benzene rings is 1. The molecule has 0 saturated heterocycles. The molecule has 2 unspecified atom stereocenters. The van der Waals surface area contributed by atoms with Crippen LogP contribution in [0, 0.1) is 5.92 Å². The fourth-order valence-electron chi connectivity index (χ4n) is 1.56. The Hall–Kier alpha value is -1.35. The van der Waals surface area contributed by atoms with Crippen LogP contribution in [0.5, 0.6) is 0 Å². The monoisotopic (exact) mass is 207 g/mol. The lowest BCUT2D eigenvalue weighted by Crippen LogP contribution is -2.19. The smallest absolute Gasteiger partial charge is 0.310 e. The number of hydrogen-bond donors (Lipinski definition) is 2. The first-order chi connectivity index (χ1) is 7.15. The van der Waals surface area contributed by atoms with Gasteiger partial charge in [-0.25, -0.2) is 0 Å². The van der Waals surface area contributed by atoms with E-state index in [1.807, 2.05) is 37.3 Å². The van der Waals surface area contributed by atoms with Gasteiger partial charge in [0, 0.05) is 0 Å². The average Bonchev–Trinajstić information content (AvgIpc) is 2.26. The summed E-state index contributed by atoms with van der Waals surface area (Å²) in [4.78, 5) is 11.1. The zero-order valence-corrected chi connectivity index (χ0v) is 8.89. The number of carboxylic acid groups (broad SMARTS) is 1. The van der Waals surface area contributed by atoms with Crippen LogP contribution in [0.15, 0.2) is 30.3 Å². The minimum absolute atomic E-state index is 0.228. The molecule has 1 rings (SSSR count). The number of aliphatic carboxylic acids is 1. The molecule has 3 N–H and O–H groups in total. The molecule has 0 aliphatic carbocycles. The van der Waals surface area contributed by atoms with Crippen molar-refractivity contribution in [2.45, 2.75) is 19.3 Å². The molecule has 0 saturated carbocycles. The van der Waals surface area contributed by atoms with Crippen molar-refractivity contribution >= 4 is 5.97 Å². The Morgan fingerprint density at radius 1 is 1.40 bits per heavy atom. The molecule has 0 radical (unpaired) electrons. The molecule has 0 fully saturated rings. The second-order valence-corrected chi connectivity index (χ2v) is 3.88. The highest BCUT2D eigenvalue weighted by Crippen LogP contribution is 2.23. The molecule has 0 aromatic heterocycles. The van der Waals surface area contributed by atoms with Crippen molar-refractivity contribution in [3.8, 4) is 0 Å². The van der Waals surface area contributed by atoms with Crippen LogP contribution < -0.4 is 5.73 Å². The fourth-order valence-corrected chi connectivity index (χ4v) is 1.56. The van der Waals surface area contributed by atoms with Gasteiger partial charge in [-0.2, -0.15) is 0 Å². The first-order valence-electron chi connectivity index (χ1n) is 5.13. The van der Waals surface area contributed by atoms with Crippen LogP contribution in [0.4, 0.5) is 0 Å². The van der Waals surface area contributed by atoms with Gasteiger partial charge in [-0.3, -0.25) is 4.79 Å². The van der Waals surface area contributed by atoms with Gasteiger partial charge in [-0.1, -0.05) is 37.3 Å². The molecular weight excluding hydrogens is 190 g/mol. The summed E-state index contributed by atoms with van der Waals surface area (Å²) >= 11 is 0. The van der Waals surface area contributed by atoms with Crippen LogP contribution in [0.2, 0.25) is 0 Å². The summed E-state index contributed by atoms with van der Waals surface area (Å²) in [5.74, 6) is -0.988. The van der Waals surface area contributed by atoms with Crippen molar-refractivity contribution in [1.29, 1.82) is 0 Å². The molecule has 0 bridgehead atoms. The van der Waals surface area contributed by atoms with Crippen molar-refractivity contribution in [3.05, 3.63) is 35.9 Å². The summed E-state index contributed by atoms with van der Waals surface area (Å²) in [7, 11) is 0. The van der Waals surface area contributed by atoms with Gasteiger partial charge >= 0.3 is 5.97 Å². The van der Waals surface area contributed by atoms with E-state index in [9.17, 15) is 4.79 Å². The van der Waals surface area contributed by atoms with Crippen LogP contribution in [0.3, 0.4) is 0 Å². The molecule has 15 heavy (non-hydrogen) atoms. The lowest BCUT2D eigenvalue weighted by atomic mass is 9.90. The largest absolute Gasteiger partial charge is 0.481 e. The van der Waals surface area contributed by atoms with Gasteiger partial charge in [0.1, 0.15) is 0 Å². The minimum atomic E-state index is -0.776. The summed E-state index contributed by atoms with van der Waals surface area (Å²) in [5, 5.41) is 9.13. The van der Waals surface area contributed by atoms with Crippen molar-refractivity contribution < 1.29 is 9.90 Å². The Bertz CT molecular complexity index is 311. The molecule has 0 spiro atoms. The van der Waals surface area contributed by atoms with Gasteiger partial charge in [0.05, 0.1) is 5.92 Å². The molecule has 1 aromatic rings. The van der Waals surface area contributed by atoms with Gasteiger partial charge in [0.15, 0.2) is 0 Å². The summed E-state index contributed by atoms with van der Waals surface area (Å²) in [6, 6.07) is 9.30. The minimum Gasteiger partial charge on any atom is -0.481 e. The third-order valence-electron chi connectivity index (χ3n) is 2.54. The van der Waals surface area contributed by atoms with Crippen molar-refractivity contribution in [1.82, 2.24) is 0 Å². The lowest BCUT2D eigenvalue weighted by Gasteiger charge is -2.16. The maximum Gasteiger partial charge on any atom is 0.310 e. The Balaban J connectivity index is 2.80. The Morgan fingerprint density at radius 2 is 2.00 bits per heavy atom. The molecule has 0 aliphatic heterocycles. The highest BCUT2D eigenvalue weighted by Gasteiger charge is 2.21. The van der Waals surface area contributed by atoms with E-state index >= 15 is 0 Å². The van der Waals surface area contributed by atoms with E-state index < -0.39 is 11.9 Å². The van der Waals surface area contributed by atoms with Gasteiger partial charge in [-0.05, 0) is 24.4 Å². The maximum atomic E-state index is 11.1. The average molecular weight is 207 g/mol. The van der Waals surface area contributed by atoms with Crippen LogP contribution in [-0.2, 0) is 4.79 Å². The Labute approximate surface area is 89.9 Å². The van der Waals surface area contributed by atoms with Crippen molar-refractivity contribution in [2.75, 3.05) is 6.54 Å². The third-order valence-corrected chi connectivity index (χ3v) is 2.54. The fraction of sp³-hybridized carbons (Fsp3) is 0.417. The molecular formula is C12H17NO2. The van der Waals surface area contributed by atoms with E-state index in [2.05, 4.69) is 0 Å². The first-order valence-corrected chi connectivity index (χ1v) is 5.13.